The topological polar surface area (TPSA) is 70.7 Å². The predicted octanol–water partition coefficient (Wildman–Crippen LogP) is 1.34. The van der Waals surface area contributed by atoms with Gasteiger partial charge in [-0.25, -0.2) is 4.99 Å². The van der Waals surface area contributed by atoms with Crippen molar-refractivity contribution in [1.82, 2.24) is 4.90 Å². The number of nitrogens with two attached hydrogens (primary N) is 1. The maximum absolute atomic E-state index is 11.8. The van der Waals surface area contributed by atoms with Gasteiger partial charge >= 0.3 is 0 Å². The lowest BCUT2D eigenvalue weighted by Gasteiger charge is -2.13. The van der Waals surface area contributed by atoms with Gasteiger partial charge in [-0.2, -0.15) is 0 Å². The summed E-state index contributed by atoms with van der Waals surface area (Å²) in [6, 6.07) is 7.84. The summed E-state index contributed by atoms with van der Waals surface area (Å²) in [5.41, 5.74) is 7.82. The minimum absolute atomic E-state index is 0.0474. The summed E-state index contributed by atoms with van der Waals surface area (Å²) in [4.78, 5) is 17.7. The van der Waals surface area contributed by atoms with E-state index in [0.29, 0.717) is 0 Å². The van der Waals surface area contributed by atoms with Crippen LogP contribution in [0.5, 0.6) is 0 Å². The Bertz CT molecular complexity index is 461. The molecule has 2 rings (SSSR count). The maximum Gasteiger partial charge on any atom is 0.244 e. The van der Waals surface area contributed by atoms with Crippen molar-refractivity contribution in [2.45, 2.75) is 19.8 Å². The highest BCUT2D eigenvalue weighted by molar-refractivity contribution is 5.93. The molecule has 0 saturated carbocycles. The number of guanidine groups is 1. The van der Waals surface area contributed by atoms with Crippen molar-refractivity contribution in [3.05, 3.63) is 29.8 Å². The van der Waals surface area contributed by atoms with Crippen LogP contribution in [0.1, 0.15) is 18.4 Å². The van der Waals surface area contributed by atoms with Gasteiger partial charge in [0.15, 0.2) is 5.96 Å². The van der Waals surface area contributed by atoms with Crippen LogP contribution in [0, 0.1) is 6.92 Å². The van der Waals surface area contributed by atoms with E-state index in [1.54, 1.807) is 0 Å². The molecular weight excluding hydrogens is 240 g/mol. The summed E-state index contributed by atoms with van der Waals surface area (Å²) in [6.07, 6.45) is 2.18. The van der Waals surface area contributed by atoms with Crippen molar-refractivity contribution in [3.63, 3.8) is 0 Å². The van der Waals surface area contributed by atoms with Gasteiger partial charge in [-0.05, 0) is 31.9 Å². The Balaban J connectivity index is 1.85. The molecular formula is C14H20N4O. The first-order valence-electron chi connectivity index (χ1n) is 6.56. The molecule has 0 radical (unpaired) electrons. The van der Waals surface area contributed by atoms with E-state index in [4.69, 9.17) is 5.73 Å². The molecule has 0 bridgehead atoms. The number of hydrogen-bond donors (Lipinski definition) is 2. The lowest BCUT2D eigenvalue weighted by molar-refractivity contribution is -0.128. The number of carbonyl (C=O) groups excluding carboxylic acids is 1. The average molecular weight is 260 g/mol. The van der Waals surface area contributed by atoms with Crippen molar-refractivity contribution in [2.24, 2.45) is 10.7 Å². The van der Waals surface area contributed by atoms with E-state index in [0.717, 1.165) is 31.6 Å². The van der Waals surface area contributed by atoms with Crippen molar-refractivity contribution < 1.29 is 4.79 Å². The van der Waals surface area contributed by atoms with Crippen LogP contribution in [0.4, 0.5) is 5.69 Å². The Morgan fingerprint density at radius 1 is 1.32 bits per heavy atom. The Morgan fingerprint density at radius 2 is 1.95 bits per heavy atom. The molecule has 1 amide bonds. The van der Waals surface area contributed by atoms with E-state index < -0.39 is 0 Å². The molecule has 5 nitrogen and oxygen atoms in total. The minimum Gasteiger partial charge on any atom is -0.370 e. The lowest BCUT2D eigenvalue weighted by atomic mass is 10.2. The van der Waals surface area contributed by atoms with Gasteiger partial charge in [0.2, 0.25) is 5.91 Å². The van der Waals surface area contributed by atoms with Crippen molar-refractivity contribution >= 4 is 17.6 Å². The molecule has 1 saturated heterocycles. The molecule has 19 heavy (non-hydrogen) atoms. The van der Waals surface area contributed by atoms with Crippen molar-refractivity contribution in [3.8, 4) is 0 Å². The fourth-order valence-electron chi connectivity index (χ4n) is 2.04. The Hall–Kier alpha value is -2.04. The summed E-state index contributed by atoms with van der Waals surface area (Å²) in [5, 5.41) is 2.97. The third-order valence-electron chi connectivity index (χ3n) is 3.17. The third-order valence-corrected chi connectivity index (χ3v) is 3.17. The monoisotopic (exact) mass is 260 g/mol. The highest BCUT2D eigenvalue weighted by atomic mass is 16.2. The van der Waals surface area contributed by atoms with Crippen molar-refractivity contribution in [1.29, 1.82) is 0 Å². The van der Waals surface area contributed by atoms with Gasteiger partial charge in [0.25, 0.3) is 0 Å². The van der Waals surface area contributed by atoms with Crippen LogP contribution in [-0.2, 0) is 4.79 Å². The molecule has 1 aromatic rings. The standard InChI is InChI=1S/C14H20N4O/c1-11-4-6-12(7-5-11)17-14(15)16-10-13(19)18-8-2-3-9-18/h4-7H,2-3,8-10H2,1H3,(H3,15,16,17). The van der Waals surface area contributed by atoms with E-state index in [9.17, 15) is 4.79 Å². The molecule has 1 heterocycles. The molecule has 0 spiro atoms. The molecule has 1 aromatic carbocycles. The number of aliphatic imine (C=N–C) groups is 1. The summed E-state index contributed by atoms with van der Waals surface area (Å²) >= 11 is 0. The zero-order valence-corrected chi connectivity index (χ0v) is 11.2. The van der Waals surface area contributed by atoms with E-state index in [-0.39, 0.29) is 18.4 Å². The Morgan fingerprint density at radius 3 is 2.58 bits per heavy atom. The normalized spacial score (nSPS) is 15.6. The summed E-state index contributed by atoms with van der Waals surface area (Å²) in [5.74, 6) is 0.322. The largest absolute Gasteiger partial charge is 0.370 e. The van der Waals surface area contributed by atoms with Crippen LogP contribution < -0.4 is 11.1 Å². The van der Waals surface area contributed by atoms with Crippen LogP contribution in [0.15, 0.2) is 29.3 Å². The molecule has 1 aliphatic heterocycles. The van der Waals surface area contributed by atoms with Gasteiger partial charge in [0.1, 0.15) is 6.54 Å². The second-order valence-electron chi connectivity index (χ2n) is 4.78. The minimum atomic E-state index is 0.0474. The molecule has 102 valence electrons. The molecule has 1 fully saturated rings. The van der Waals surface area contributed by atoms with Crippen LogP contribution in [-0.4, -0.2) is 36.4 Å². The highest BCUT2D eigenvalue weighted by Gasteiger charge is 2.16. The third kappa shape index (κ3) is 3.98. The fourth-order valence-corrected chi connectivity index (χ4v) is 2.04. The number of likely N-dealkylation sites (tertiary alicyclic amines) is 1. The van der Waals surface area contributed by atoms with Crippen LogP contribution in [0.3, 0.4) is 0 Å². The maximum atomic E-state index is 11.8. The second kappa shape index (κ2) is 6.22. The van der Waals surface area contributed by atoms with Gasteiger partial charge in [-0.15, -0.1) is 0 Å². The number of nitrogens with one attached hydrogen (secondary N) is 1. The van der Waals surface area contributed by atoms with E-state index in [1.807, 2.05) is 36.1 Å². The van der Waals surface area contributed by atoms with E-state index >= 15 is 0 Å². The lowest BCUT2D eigenvalue weighted by Crippen LogP contribution is -2.31. The van der Waals surface area contributed by atoms with Crippen LogP contribution >= 0.6 is 0 Å². The zero-order chi connectivity index (χ0) is 13.7. The van der Waals surface area contributed by atoms with E-state index in [1.165, 1.54) is 5.56 Å². The molecule has 3 N–H and O–H groups in total. The smallest absolute Gasteiger partial charge is 0.244 e. The molecule has 0 atom stereocenters. The molecule has 5 heteroatoms. The average Bonchev–Trinajstić information content (AvgIpc) is 2.93. The highest BCUT2D eigenvalue weighted by Crippen LogP contribution is 2.09. The predicted molar refractivity (Wildman–Crippen MR) is 77.1 cm³/mol. The van der Waals surface area contributed by atoms with E-state index in [2.05, 4.69) is 10.3 Å². The number of benzene rings is 1. The molecule has 0 aliphatic carbocycles. The number of rotatable bonds is 3. The number of carbonyl (C=O) groups is 1. The molecule has 0 unspecified atom stereocenters. The first kappa shape index (κ1) is 13.4. The Kier molecular flexibility index (Phi) is 4.39. The zero-order valence-electron chi connectivity index (χ0n) is 11.2. The summed E-state index contributed by atoms with van der Waals surface area (Å²) in [6.45, 7) is 3.83. The number of aryl methyl sites for hydroxylation is 1. The van der Waals surface area contributed by atoms with Gasteiger partial charge in [0.05, 0.1) is 0 Å². The first-order valence-corrected chi connectivity index (χ1v) is 6.56. The first-order chi connectivity index (χ1) is 9.15. The van der Waals surface area contributed by atoms with Crippen molar-refractivity contribution in [2.75, 3.05) is 25.0 Å². The Labute approximate surface area is 113 Å². The van der Waals surface area contributed by atoms with Gasteiger partial charge in [-0.3, -0.25) is 4.79 Å². The number of amides is 1. The number of hydrogen-bond acceptors (Lipinski definition) is 2. The molecule has 1 aliphatic rings. The fraction of sp³-hybridized carbons (Fsp3) is 0.429. The van der Waals surface area contributed by atoms with Crippen LogP contribution in [0.2, 0.25) is 0 Å². The summed E-state index contributed by atoms with van der Waals surface area (Å²) < 4.78 is 0. The van der Waals surface area contributed by atoms with Gasteiger partial charge in [-0.1, -0.05) is 17.7 Å². The number of anilines is 1. The number of nitrogens with zero attached hydrogens (tertiary/aromatic N) is 2. The SMILES string of the molecule is Cc1ccc(NC(N)=NCC(=O)N2CCCC2)cc1. The second-order valence-corrected chi connectivity index (χ2v) is 4.78. The van der Waals surface area contributed by atoms with Gasteiger partial charge in [0, 0.05) is 18.8 Å². The van der Waals surface area contributed by atoms with Gasteiger partial charge < -0.3 is 16.0 Å². The quantitative estimate of drug-likeness (QED) is 0.636. The molecule has 0 aromatic heterocycles. The van der Waals surface area contributed by atoms with Crippen LogP contribution in [0.25, 0.3) is 0 Å². The summed E-state index contributed by atoms with van der Waals surface area (Å²) in [7, 11) is 0.